The molecule has 0 spiro atoms. The Morgan fingerprint density at radius 1 is 1.44 bits per heavy atom. The van der Waals surface area contributed by atoms with Gasteiger partial charge in [-0.15, -0.1) is 0 Å². The van der Waals surface area contributed by atoms with Crippen molar-refractivity contribution in [1.82, 2.24) is 4.98 Å². The lowest BCUT2D eigenvalue weighted by Gasteiger charge is -2.07. The molecule has 1 rings (SSSR count). The van der Waals surface area contributed by atoms with E-state index in [0.717, 1.165) is 13.0 Å². The SMILES string of the molecule is CCCCCCNc1ncccc1C(=O)O. The van der Waals surface area contributed by atoms with Crippen molar-refractivity contribution in [3.63, 3.8) is 0 Å². The Kier molecular flexibility index (Phi) is 5.32. The van der Waals surface area contributed by atoms with Crippen LogP contribution in [0.15, 0.2) is 18.3 Å². The van der Waals surface area contributed by atoms with E-state index in [4.69, 9.17) is 5.11 Å². The van der Waals surface area contributed by atoms with E-state index in [1.807, 2.05) is 0 Å². The molecule has 4 heteroatoms. The van der Waals surface area contributed by atoms with Gasteiger partial charge in [0.05, 0.1) is 0 Å². The van der Waals surface area contributed by atoms with Crippen molar-refractivity contribution in [3.05, 3.63) is 23.9 Å². The second-order valence-electron chi connectivity index (χ2n) is 3.69. The van der Waals surface area contributed by atoms with Crippen LogP contribution < -0.4 is 5.32 Å². The second kappa shape index (κ2) is 6.82. The number of pyridine rings is 1. The molecule has 0 bridgehead atoms. The van der Waals surface area contributed by atoms with Gasteiger partial charge in [0, 0.05) is 12.7 Å². The van der Waals surface area contributed by atoms with Gasteiger partial charge in [0.2, 0.25) is 0 Å². The van der Waals surface area contributed by atoms with Crippen molar-refractivity contribution in [1.29, 1.82) is 0 Å². The van der Waals surface area contributed by atoms with E-state index in [2.05, 4.69) is 17.2 Å². The summed E-state index contributed by atoms with van der Waals surface area (Å²) in [5, 5.41) is 12.0. The van der Waals surface area contributed by atoms with Crippen molar-refractivity contribution < 1.29 is 9.90 Å². The number of carboxylic acids is 1. The highest BCUT2D eigenvalue weighted by atomic mass is 16.4. The van der Waals surface area contributed by atoms with Gasteiger partial charge >= 0.3 is 5.97 Å². The molecule has 0 aliphatic heterocycles. The van der Waals surface area contributed by atoms with Crippen LogP contribution in [0.1, 0.15) is 43.0 Å². The number of hydrogen-bond acceptors (Lipinski definition) is 3. The Bertz CT molecular complexity index is 340. The highest BCUT2D eigenvalue weighted by Gasteiger charge is 2.09. The highest BCUT2D eigenvalue weighted by molar-refractivity contribution is 5.92. The van der Waals surface area contributed by atoms with Gasteiger partial charge in [-0.05, 0) is 18.6 Å². The topological polar surface area (TPSA) is 62.2 Å². The Balaban J connectivity index is 2.44. The summed E-state index contributed by atoms with van der Waals surface area (Å²) in [6, 6.07) is 3.19. The first-order valence-corrected chi connectivity index (χ1v) is 5.68. The van der Waals surface area contributed by atoms with Crippen LogP contribution in [0.5, 0.6) is 0 Å². The van der Waals surface area contributed by atoms with E-state index in [0.29, 0.717) is 5.82 Å². The molecule has 88 valence electrons. The Hall–Kier alpha value is -1.58. The average molecular weight is 222 g/mol. The zero-order valence-electron chi connectivity index (χ0n) is 9.57. The van der Waals surface area contributed by atoms with Gasteiger partial charge in [0.25, 0.3) is 0 Å². The second-order valence-corrected chi connectivity index (χ2v) is 3.69. The molecule has 0 aliphatic rings. The maximum atomic E-state index is 10.9. The minimum atomic E-state index is -0.941. The van der Waals surface area contributed by atoms with Gasteiger partial charge in [-0.25, -0.2) is 9.78 Å². The molecule has 0 saturated heterocycles. The quantitative estimate of drug-likeness (QED) is 0.696. The van der Waals surface area contributed by atoms with Crippen molar-refractivity contribution in [2.24, 2.45) is 0 Å². The van der Waals surface area contributed by atoms with E-state index < -0.39 is 5.97 Å². The number of unbranched alkanes of at least 4 members (excludes halogenated alkanes) is 3. The van der Waals surface area contributed by atoms with Crippen LogP contribution in [0.4, 0.5) is 5.82 Å². The third kappa shape index (κ3) is 3.88. The average Bonchev–Trinajstić information content (AvgIpc) is 2.29. The fourth-order valence-electron chi connectivity index (χ4n) is 1.48. The summed E-state index contributed by atoms with van der Waals surface area (Å²) in [6.45, 7) is 2.94. The van der Waals surface area contributed by atoms with Crippen molar-refractivity contribution in [3.8, 4) is 0 Å². The molecule has 0 aromatic carbocycles. The molecule has 0 unspecified atom stereocenters. The fraction of sp³-hybridized carbons (Fsp3) is 0.500. The minimum absolute atomic E-state index is 0.234. The zero-order valence-corrected chi connectivity index (χ0v) is 9.57. The van der Waals surface area contributed by atoms with Crippen LogP contribution >= 0.6 is 0 Å². The lowest BCUT2D eigenvalue weighted by atomic mass is 10.2. The molecule has 1 aromatic rings. The molecule has 1 heterocycles. The highest BCUT2D eigenvalue weighted by Crippen LogP contribution is 2.11. The third-order valence-electron chi connectivity index (χ3n) is 2.36. The molecule has 0 fully saturated rings. The monoisotopic (exact) mass is 222 g/mol. The number of anilines is 1. The van der Waals surface area contributed by atoms with Gasteiger partial charge < -0.3 is 10.4 Å². The van der Waals surface area contributed by atoms with Crippen LogP contribution in [0.3, 0.4) is 0 Å². The van der Waals surface area contributed by atoms with Crippen LogP contribution in [-0.2, 0) is 0 Å². The molecule has 1 aromatic heterocycles. The molecule has 0 amide bonds. The summed E-state index contributed by atoms with van der Waals surface area (Å²) < 4.78 is 0. The standard InChI is InChI=1S/C12H18N2O2/c1-2-3-4-5-8-13-11-10(12(15)16)7-6-9-14-11/h6-7,9H,2-5,8H2,1H3,(H,13,14)(H,15,16). The summed E-state index contributed by atoms with van der Waals surface area (Å²) in [7, 11) is 0. The molecule has 0 saturated carbocycles. The molecule has 0 aliphatic carbocycles. The molecule has 2 N–H and O–H groups in total. The predicted octanol–water partition coefficient (Wildman–Crippen LogP) is 2.77. The predicted molar refractivity (Wildman–Crippen MR) is 63.8 cm³/mol. The summed E-state index contributed by atoms with van der Waals surface area (Å²) >= 11 is 0. The molecule has 4 nitrogen and oxygen atoms in total. The van der Waals surface area contributed by atoms with Crippen LogP contribution in [0, 0.1) is 0 Å². The van der Waals surface area contributed by atoms with Crippen LogP contribution in [0.2, 0.25) is 0 Å². The van der Waals surface area contributed by atoms with Crippen molar-refractivity contribution >= 4 is 11.8 Å². The lowest BCUT2D eigenvalue weighted by Crippen LogP contribution is -2.09. The Morgan fingerprint density at radius 2 is 2.25 bits per heavy atom. The molecular formula is C12H18N2O2. The van der Waals surface area contributed by atoms with Gasteiger partial charge in [0.15, 0.2) is 0 Å². The minimum Gasteiger partial charge on any atom is -0.478 e. The summed E-state index contributed by atoms with van der Waals surface area (Å²) in [6.07, 6.45) is 6.22. The number of nitrogens with zero attached hydrogens (tertiary/aromatic N) is 1. The summed E-state index contributed by atoms with van der Waals surface area (Å²) in [4.78, 5) is 14.9. The van der Waals surface area contributed by atoms with E-state index in [9.17, 15) is 4.79 Å². The number of hydrogen-bond donors (Lipinski definition) is 2. The first-order valence-electron chi connectivity index (χ1n) is 5.68. The first-order chi connectivity index (χ1) is 7.75. The van der Waals surface area contributed by atoms with Gasteiger partial charge in [0.1, 0.15) is 11.4 Å². The van der Waals surface area contributed by atoms with Gasteiger partial charge in [-0.1, -0.05) is 26.2 Å². The number of carbonyl (C=O) groups is 1. The van der Waals surface area contributed by atoms with Crippen LogP contribution in [0.25, 0.3) is 0 Å². The maximum absolute atomic E-state index is 10.9. The van der Waals surface area contributed by atoms with E-state index in [1.165, 1.54) is 19.3 Å². The molecule has 16 heavy (non-hydrogen) atoms. The number of rotatable bonds is 7. The van der Waals surface area contributed by atoms with Crippen molar-refractivity contribution in [2.45, 2.75) is 32.6 Å². The van der Waals surface area contributed by atoms with E-state index in [-0.39, 0.29) is 5.56 Å². The van der Waals surface area contributed by atoms with Crippen LogP contribution in [-0.4, -0.2) is 22.6 Å². The van der Waals surface area contributed by atoms with Crippen molar-refractivity contribution in [2.75, 3.05) is 11.9 Å². The normalized spacial score (nSPS) is 10.1. The Labute approximate surface area is 95.7 Å². The Morgan fingerprint density at radius 3 is 2.94 bits per heavy atom. The van der Waals surface area contributed by atoms with E-state index in [1.54, 1.807) is 18.3 Å². The first kappa shape index (κ1) is 12.5. The summed E-state index contributed by atoms with van der Waals surface area (Å²) in [5.74, 6) is -0.476. The largest absolute Gasteiger partial charge is 0.478 e. The zero-order chi connectivity index (χ0) is 11.8. The fourth-order valence-corrected chi connectivity index (χ4v) is 1.48. The third-order valence-corrected chi connectivity index (χ3v) is 2.36. The van der Waals surface area contributed by atoms with Gasteiger partial charge in [-0.3, -0.25) is 0 Å². The number of aromatic nitrogens is 1. The van der Waals surface area contributed by atoms with E-state index >= 15 is 0 Å². The lowest BCUT2D eigenvalue weighted by molar-refractivity contribution is 0.0697. The number of nitrogens with one attached hydrogen (secondary N) is 1. The summed E-state index contributed by atoms with van der Waals surface area (Å²) in [5.41, 5.74) is 0.234. The number of carboxylic acid groups (broad SMARTS) is 1. The molecular weight excluding hydrogens is 204 g/mol. The smallest absolute Gasteiger partial charge is 0.339 e. The number of aromatic carboxylic acids is 1. The molecule has 0 radical (unpaired) electrons. The van der Waals surface area contributed by atoms with Gasteiger partial charge in [-0.2, -0.15) is 0 Å². The molecule has 0 atom stereocenters. The maximum Gasteiger partial charge on any atom is 0.339 e.